The van der Waals surface area contributed by atoms with Crippen molar-refractivity contribution >= 4 is 5.90 Å². The molecule has 11 heavy (non-hydrogen) atoms. The van der Waals surface area contributed by atoms with E-state index < -0.39 is 0 Å². The zero-order valence-corrected chi connectivity index (χ0v) is 7.63. The van der Waals surface area contributed by atoms with Gasteiger partial charge in [-0.3, -0.25) is 4.99 Å². The van der Waals surface area contributed by atoms with Crippen LogP contribution in [0.15, 0.2) is 17.1 Å². The summed E-state index contributed by atoms with van der Waals surface area (Å²) < 4.78 is 5.14. The summed E-state index contributed by atoms with van der Waals surface area (Å²) in [6.45, 7) is 7.38. The highest BCUT2D eigenvalue weighted by Crippen LogP contribution is 1.84. The summed E-state index contributed by atoms with van der Waals surface area (Å²) in [5.41, 5.74) is 0. The monoisotopic (exact) mass is 155 g/mol. The lowest BCUT2D eigenvalue weighted by atomic mass is 10.4. The molecule has 0 aliphatic rings. The van der Waals surface area contributed by atoms with E-state index in [0.717, 1.165) is 18.9 Å². The van der Waals surface area contributed by atoms with Crippen LogP contribution in [0, 0.1) is 0 Å². The van der Waals surface area contributed by atoms with Crippen LogP contribution in [0.3, 0.4) is 0 Å². The largest absolute Gasteiger partial charge is 0.481 e. The van der Waals surface area contributed by atoms with Crippen LogP contribution in [0.2, 0.25) is 0 Å². The molecule has 2 nitrogen and oxygen atoms in total. The van der Waals surface area contributed by atoms with Crippen LogP contribution in [-0.4, -0.2) is 19.0 Å². The van der Waals surface area contributed by atoms with E-state index in [4.69, 9.17) is 4.74 Å². The molecule has 2 heteroatoms. The Kier molecular flexibility index (Phi) is 6.79. The Labute approximate surface area is 69.0 Å². The van der Waals surface area contributed by atoms with Gasteiger partial charge in [-0.1, -0.05) is 19.1 Å². The molecule has 0 aromatic heterocycles. The molecule has 0 heterocycles. The van der Waals surface area contributed by atoms with E-state index in [1.807, 2.05) is 19.9 Å². The molecule has 0 aromatic carbocycles. The molecule has 0 spiro atoms. The second-order valence-electron chi connectivity index (χ2n) is 2.17. The zero-order chi connectivity index (χ0) is 8.53. The number of aliphatic imine (C=N–C) groups is 1. The Balaban J connectivity index is 3.47. The molecule has 0 radical (unpaired) electrons. The van der Waals surface area contributed by atoms with E-state index in [1.165, 1.54) is 0 Å². The third kappa shape index (κ3) is 7.10. The molecule has 0 saturated heterocycles. The third-order valence-electron chi connectivity index (χ3n) is 1.17. The first-order valence-corrected chi connectivity index (χ1v) is 4.10. The van der Waals surface area contributed by atoms with Gasteiger partial charge < -0.3 is 4.74 Å². The fourth-order valence-electron chi connectivity index (χ4n) is 0.677. The number of hydrogen-bond donors (Lipinski definition) is 0. The van der Waals surface area contributed by atoms with Gasteiger partial charge in [-0.25, -0.2) is 0 Å². The summed E-state index contributed by atoms with van der Waals surface area (Å²) in [5, 5.41) is 0. The molecule has 0 unspecified atom stereocenters. The fraction of sp³-hybridized carbons (Fsp3) is 0.667. The quantitative estimate of drug-likeness (QED) is 0.347. The first-order chi connectivity index (χ1) is 5.31. The molecular formula is C9H17NO. The van der Waals surface area contributed by atoms with Crippen molar-refractivity contribution in [2.24, 2.45) is 4.99 Å². The van der Waals surface area contributed by atoms with Crippen molar-refractivity contribution in [3.63, 3.8) is 0 Å². The van der Waals surface area contributed by atoms with Crippen molar-refractivity contribution in [3.05, 3.63) is 12.2 Å². The van der Waals surface area contributed by atoms with Crippen LogP contribution < -0.4 is 0 Å². The van der Waals surface area contributed by atoms with Crippen molar-refractivity contribution in [2.75, 3.05) is 13.2 Å². The predicted molar refractivity (Wildman–Crippen MR) is 49.0 cm³/mol. The highest BCUT2D eigenvalue weighted by molar-refractivity contribution is 5.73. The molecule has 0 aliphatic heterocycles. The Hall–Kier alpha value is -0.790. The van der Waals surface area contributed by atoms with Crippen molar-refractivity contribution in [1.29, 1.82) is 0 Å². The van der Waals surface area contributed by atoms with Crippen LogP contribution in [0.4, 0.5) is 0 Å². The summed E-state index contributed by atoms with van der Waals surface area (Å²) in [6, 6.07) is 0. The van der Waals surface area contributed by atoms with Crippen molar-refractivity contribution < 1.29 is 4.74 Å². The molecule has 0 atom stereocenters. The summed E-state index contributed by atoms with van der Waals surface area (Å²) in [5.74, 6) is 0.772. The van der Waals surface area contributed by atoms with Gasteiger partial charge in [0.1, 0.15) is 0 Å². The Morgan fingerprint density at radius 3 is 2.64 bits per heavy atom. The van der Waals surface area contributed by atoms with Gasteiger partial charge in [0.15, 0.2) is 5.90 Å². The molecule has 64 valence electrons. The maximum Gasteiger partial charge on any atom is 0.180 e. The van der Waals surface area contributed by atoms with E-state index in [0.29, 0.717) is 6.61 Å². The van der Waals surface area contributed by atoms with Gasteiger partial charge in [0.05, 0.1) is 13.2 Å². The second-order valence-corrected chi connectivity index (χ2v) is 2.17. The second kappa shape index (κ2) is 7.32. The van der Waals surface area contributed by atoms with Gasteiger partial charge in [-0.2, -0.15) is 0 Å². The van der Waals surface area contributed by atoms with E-state index in [-0.39, 0.29) is 0 Å². The molecule has 0 bridgehead atoms. The van der Waals surface area contributed by atoms with E-state index >= 15 is 0 Å². The number of allylic oxidation sites excluding steroid dienone is 1. The maximum atomic E-state index is 5.14. The van der Waals surface area contributed by atoms with Gasteiger partial charge in [0.25, 0.3) is 0 Å². The predicted octanol–water partition coefficient (Wildman–Crippen LogP) is 2.41. The van der Waals surface area contributed by atoms with Gasteiger partial charge in [-0.05, 0) is 13.3 Å². The van der Waals surface area contributed by atoms with Crippen LogP contribution in [-0.2, 0) is 4.74 Å². The number of hydrogen-bond acceptors (Lipinski definition) is 2. The van der Waals surface area contributed by atoms with Gasteiger partial charge in [0.2, 0.25) is 0 Å². The molecule has 0 aliphatic carbocycles. The topological polar surface area (TPSA) is 21.6 Å². The normalized spacial score (nSPS) is 12.5. The van der Waals surface area contributed by atoms with Gasteiger partial charge in [0, 0.05) is 6.92 Å². The lowest BCUT2D eigenvalue weighted by Gasteiger charge is -1.98. The lowest BCUT2D eigenvalue weighted by Crippen LogP contribution is -1.98. The standard InChI is InChI=1S/C9H17NO/c1-4-6-7-8-10-9(3)11-5-2/h6-7H,4-5,8H2,1-3H3/b7-6-,10-9-. The first kappa shape index (κ1) is 10.2. The van der Waals surface area contributed by atoms with Crippen molar-refractivity contribution in [3.8, 4) is 0 Å². The summed E-state index contributed by atoms with van der Waals surface area (Å²) in [6.07, 6.45) is 5.22. The van der Waals surface area contributed by atoms with Gasteiger partial charge >= 0.3 is 0 Å². The van der Waals surface area contributed by atoms with E-state index in [2.05, 4.69) is 18.0 Å². The molecule has 0 rings (SSSR count). The molecular weight excluding hydrogens is 138 g/mol. The van der Waals surface area contributed by atoms with Crippen molar-refractivity contribution in [2.45, 2.75) is 27.2 Å². The highest BCUT2D eigenvalue weighted by atomic mass is 16.5. The molecule has 0 fully saturated rings. The summed E-state index contributed by atoms with van der Waals surface area (Å²) in [7, 11) is 0. The third-order valence-corrected chi connectivity index (χ3v) is 1.17. The van der Waals surface area contributed by atoms with E-state index in [1.54, 1.807) is 0 Å². The fourth-order valence-corrected chi connectivity index (χ4v) is 0.677. The zero-order valence-electron chi connectivity index (χ0n) is 7.63. The first-order valence-electron chi connectivity index (χ1n) is 4.10. The highest BCUT2D eigenvalue weighted by Gasteiger charge is 1.84. The average Bonchev–Trinajstić information content (AvgIpc) is 1.99. The minimum atomic E-state index is 0.701. The lowest BCUT2D eigenvalue weighted by molar-refractivity contribution is 0.323. The molecule has 0 aromatic rings. The van der Waals surface area contributed by atoms with E-state index in [9.17, 15) is 0 Å². The molecule has 0 N–H and O–H groups in total. The molecule has 0 saturated carbocycles. The Morgan fingerprint density at radius 2 is 2.09 bits per heavy atom. The van der Waals surface area contributed by atoms with Crippen LogP contribution in [0.1, 0.15) is 27.2 Å². The van der Waals surface area contributed by atoms with Crippen LogP contribution in [0.25, 0.3) is 0 Å². The smallest absolute Gasteiger partial charge is 0.180 e. The van der Waals surface area contributed by atoms with Crippen LogP contribution >= 0.6 is 0 Å². The summed E-state index contributed by atoms with van der Waals surface area (Å²) in [4.78, 5) is 4.16. The average molecular weight is 155 g/mol. The molecule has 0 amide bonds. The minimum Gasteiger partial charge on any atom is -0.481 e. The maximum absolute atomic E-state index is 5.14. The SMILES string of the molecule is CC/C=C\C/N=C(/C)OCC. The minimum absolute atomic E-state index is 0.701. The number of nitrogens with zero attached hydrogens (tertiary/aromatic N) is 1. The number of rotatable bonds is 4. The van der Waals surface area contributed by atoms with Crippen LogP contribution in [0.5, 0.6) is 0 Å². The number of ether oxygens (including phenoxy) is 1. The Bertz CT molecular complexity index is 138. The van der Waals surface area contributed by atoms with Gasteiger partial charge in [-0.15, -0.1) is 0 Å². The summed E-state index contributed by atoms with van der Waals surface area (Å²) >= 11 is 0. The Morgan fingerprint density at radius 1 is 1.36 bits per heavy atom. The van der Waals surface area contributed by atoms with Crippen molar-refractivity contribution in [1.82, 2.24) is 0 Å².